The third-order valence-corrected chi connectivity index (χ3v) is 5.40. The molecule has 27 heavy (non-hydrogen) atoms. The van der Waals surface area contributed by atoms with Crippen LogP contribution < -0.4 is 9.64 Å². The molecule has 0 aliphatic carbocycles. The Kier molecular flexibility index (Phi) is 6.86. The van der Waals surface area contributed by atoms with Crippen LogP contribution in [0.2, 0.25) is 10.0 Å². The summed E-state index contributed by atoms with van der Waals surface area (Å²) in [6.07, 6.45) is 1.21. The fourth-order valence-electron chi connectivity index (χ4n) is 3.17. The van der Waals surface area contributed by atoms with Gasteiger partial charge in [-0.3, -0.25) is 4.79 Å². The molecule has 1 amide bonds. The van der Waals surface area contributed by atoms with Crippen LogP contribution in [0.3, 0.4) is 0 Å². The molecule has 144 valence electrons. The third kappa shape index (κ3) is 5.53. The molecule has 6 heteroatoms. The number of carbonyl (C=O) groups excluding carboxylic acids is 1. The molecule has 0 N–H and O–H groups in total. The second-order valence-electron chi connectivity index (χ2n) is 6.71. The molecule has 2 aromatic carbocycles. The number of rotatable bonds is 6. The quantitative estimate of drug-likeness (QED) is 0.645. The monoisotopic (exact) mass is 406 g/mol. The molecule has 0 saturated carbocycles. The number of benzene rings is 2. The zero-order valence-electron chi connectivity index (χ0n) is 15.5. The number of amides is 1. The first kappa shape index (κ1) is 19.8. The molecule has 0 aromatic heterocycles. The van der Waals surface area contributed by atoms with Gasteiger partial charge in [0.1, 0.15) is 5.75 Å². The van der Waals surface area contributed by atoms with Crippen molar-refractivity contribution in [2.45, 2.75) is 19.8 Å². The van der Waals surface area contributed by atoms with E-state index in [4.69, 9.17) is 27.9 Å². The lowest BCUT2D eigenvalue weighted by Gasteiger charge is -2.36. The van der Waals surface area contributed by atoms with E-state index in [1.165, 1.54) is 0 Å². The van der Waals surface area contributed by atoms with Crippen molar-refractivity contribution in [1.82, 2.24) is 4.90 Å². The minimum absolute atomic E-state index is 0.191. The van der Waals surface area contributed by atoms with Crippen molar-refractivity contribution in [3.8, 4) is 5.75 Å². The van der Waals surface area contributed by atoms with Gasteiger partial charge in [-0.1, -0.05) is 29.3 Å². The van der Waals surface area contributed by atoms with Crippen LogP contribution in [-0.4, -0.2) is 43.6 Å². The van der Waals surface area contributed by atoms with Gasteiger partial charge in [0.05, 0.1) is 6.61 Å². The summed E-state index contributed by atoms with van der Waals surface area (Å²) in [5.74, 6) is 0.983. The molecule has 1 aliphatic rings. The van der Waals surface area contributed by atoms with Crippen molar-refractivity contribution in [2.24, 2.45) is 0 Å². The number of ether oxygens (including phenoxy) is 1. The normalized spacial score (nSPS) is 14.3. The van der Waals surface area contributed by atoms with E-state index < -0.39 is 0 Å². The maximum absolute atomic E-state index is 12.4. The number of carbonyl (C=O) groups is 1. The smallest absolute Gasteiger partial charge is 0.222 e. The molecule has 1 heterocycles. The maximum Gasteiger partial charge on any atom is 0.222 e. The van der Waals surface area contributed by atoms with Gasteiger partial charge in [-0.2, -0.15) is 0 Å². The van der Waals surface area contributed by atoms with Gasteiger partial charge in [-0.25, -0.2) is 0 Å². The summed E-state index contributed by atoms with van der Waals surface area (Å²) in [7, 11) is 0. The summed E-state index contributed by atoms with van der Waals surface area (Å²) >= 11 is 12.1. The molecule has 0 unspecified atom stereocenters. The lowest BCUT2D eigenvalue weighted by Crippen LogP contribution is -2.48. The standard InChI is InChI=1S/C21H24Cl2N2O2/c1-16-14-19(7-8-20(16)23)27-13-3-6-21(26)25-11-9-24(10-12-25)18-5-2-4-17(22)15-18/h2,4-5,7-8,14-15H,3,6,9-13H2,1H3. The third-order valence-electron chi connectivity index (χ3n) is 4.74. The lowest BCUT2D eigenvalue weighted by molar-refractivity contribution is -0.131. The molecular weight excluding hydrogens is 383 g/mol. The van der Waals surface area contributed by atoms with E-state index in [1.54, 1.807) is 0 Å². The number of hydrogen-bond acceptors (Lipinski definition) is 3. The van der Waals surface area contributed by atoms with E-state index in [-0.39, 0.29) is 5.91 Å². The molecule has 0 atom stereocenters. The Hall–Kier alpha value is -1.91. The van der Waals surface area contributed by atoms with E-state index in [1.807, 2.05) is 48.2 Å². The van der Waals surface area contributed by atoms with Crippen LogP contribution >= 0.6 is 23.2 Å². The van der Waals surface area contributed by atoms with Crippen molar-refractivity contribution in [3.05, 3.63) is 58.1 Å². The summed E-state index contributed by atoms with van der Waals surface area (Å²) in [5.41, 5.74) is 2.10. The average Bonchev–Trinajstić information content (AvgIpc) is 2.68. The molecule has 0 spiro atoms. The van der Waals surface area contributed by atoms with Crippen molar-refractivity contribution >= 4 is 34.8 Å². The predicted octanol–water partition coefficient (Wildman–Crippen LogP) is 4.81. The minimum atomic E-state index is 0.191. The van der Waals surface area contributed by atoms with Gasteiger partial charge in [0, 0.05) is 48.3 Å². The number of halogens is 2. The number of hydrogen-bond donors (Lipinski definition) is 0. The first-order valence-electron chi connectivity index (χ1n) is 9.20. The predicted molar refractivity (Wildman–Crippen MR) is 111 cm³/mol. The highest BCUT2D eigenvalue weighted by Gasteiger charge is 2.21. The summed E-state index contributed by atoms with van der Waals surface area (Å²) in [6, 6.07) is 13.5. The first-order chi connectivity index (χ1) is 13.0. The van der Waals surface area contributed by atoms with E-state index in [0.717, 1.165) is 53.2 Å². The van der Waals surface area contributed by atoms with E-state index >= 15 is 0 Å². The van der Waals surface area contributed by atoms with Crippen LogP contribution in [0.1, 0.15) is 18.4 Å². The Morgan fingerprint density at radius 2 is 1.85 bits per heavy atom. The van der Waals surface area contributed by atoms with E-state index in [9.17, 15) is 4.79 Å². The number of anilines is 1. The van der Waals surface area contributed by atoms with Gasteiger partial charge >= 0.3 is 0 Å². The van der Waals surface area contributed by atoms with Crippen LogP contribution in [-0.2, 0) is 4.79 Å². The lowest BCUT2D eigenvalue weighted by atomic mass is 10.2. The molecule has 3 rings (SSSR count). The molecule has 1 aliphatic heterocycles. The van der Waals surface area contributed by atoms with Crippen LogP contribution in [0.15, 0.2) is 42.5 Å². The Morgan fingerprint density at radius 3 is 2.56 bits per heavy atom. The largest absolute Gasteiger partial charge is 0.494 e. The molecule has 4 nitrogen and oxygen atoms in total. The molecular formula is C21H24Cl2N2O2. The van der Waals surface area contributed by atoms with Crippen molar-refractivity contribution in [3.63, 3.8) is 0 Å². The second-order valence-corrected chi connectivity index (χ2v) is 7.55. The Labute approximate surface area is 170 Å². The van der Waals surface area contributed by atoms with Gasteiger partial charge in [0.15, 0.2) is 0 Å². The molecule has 0 radical (unpaired) electrons. The first-order valence-corrected chi connectivity index (χ1v) is 9.96. The summed E-state index contributed by atoms with van der Waals surface area (Å²) in [6.45, 7) is 5.60. The second kappa shape index (κ2) is 9.34. The number of aryl methyl sites for hydroxylation is 1. The van der Waals surface area contributed by atoms with Gasteiger partial charge in [-0.15, -0.1) is 0 Å². The SMILES string of the molecule is Cc1cc(OCCCC(=O)N2CCN(c3cccc(Cl)c3)CC2)ccc1Cl. The van der Waals surface area contributed by atoms with Crippen molar-refractivity contribution in [1.29, 1.82) is 0 Å². The Balaban J connectivity index is 1.38. The number of nitrogens with zero attached hydrogens (tertiary/aromatic N) is 2. The molecule has 0 bridgehead atoms. The Bertz CT molecular complexity index is 790. The average molecular weight is 407 g/mol. The highest BCUT2D eigenvalue weighted by Crippen LogP contribution is 2.22. The summed E-state index contributed by atoms with van der Waals surface area (Å²) in [4.78, 5) is 16.6. The highest BCUT2D eigenvalue weighted by molar-refractivity contribution is 6.31. The highest BCUT2D eigenvalue weighted by atomic mass is 35.5. The fourth-order valence-corrected chi connectivity index (χ4v) is 3.47. The van der Waals surface area contributed by atoms with E-state index in [0.29, 0.717) is 19.4 Å². The summed E-state index contributed by atoms with van der Waals surface area (Å²) < 4.78 is 5.72. The van der Waals surface area contributed by atoms with E-state index in [2.05, 4.69) is 11.0 Å². The van der Waals surface area contributed by atoms with Crippen LogP contribution in [0, 0.1) is 6.92 Å². The minimum Gasteiger partial charge on any atom is -0.494 e. The van der Waals surface area contributed by atoms with Crippen molar-refractivity contribution in [2.75, 3.05) is 37.7 Å². The maximum atomic E-state index is 12.4. The van der Waals surface area contributed by atoms with Crippen LogP contribution in [0.5, 0.6) is 5.75 Å². The Morgan fingerprint density at radius 1 is 1.07 bits per heavy atom. The molecule has 1 saturated heterocycles. The number of piperazine rings is 1. The topological polar surface area (TPSA) is 32.8 Å². The van der Waals surface area contributed by atoms with Crippen LogP contribution in [0.4, 0.5) is 5.69 Å². The molecule has 2 aromatic rings. The van der Waals surface area contributed by atoms with Crippen molar-refractivity contribution < 1.29 is 9.53 Å². The van der Waals surface area contributed by atoms with Gasteiger partial charge in [0.2, 0.25) is 5.91 Å². The molecule has 1 fully saturated rings. The fraction of sp³-hybridized carbons (Fsp3) is 0.381. The van der Waals surface area contributed by atoms with Gasteiger partial charge in [-0.05, 0) is 55.3 Å². The van der Waals surface area contributed by atoms with Crippen LogP contribution in [0.25, 0.3) is 0 Å². The zero-order chi connectivity index (χ0) is 19.2. The van der Waals surface area contributed by atoms with Gasteiger partial charge < -0.3 is 14.5 Å². The summed E-state index contributed by atoms with van der Waals surface area (Å²) in [5, 5.41) is 1.47. The van der Waals surface area contributed by atoms with Gasteiger partial charge in [0.25, 0.3) is 0 Å². The zero-order valence-corrected chi connectivity index (χ0v) is 17.0.